The van der Waals surface area contributed by atoms with E-state index in [4.69, 9.17) is 10.8 Å². The van der Waals surface area contributed by atoms with Crippen LogP contribution >= 0.6 is 11.8 Å². The van der Waals surface area contributed by atoms with E-state index < -0.39 is 12.0 Å². The molecule has 1 aliphatic heterocycles. The molecule has 2 fully saturated rings. The lowest BCUT2D eigenvalue weighted by Gasteiger charge is -2.56. The summed E-state index contributed by atoms with van der Waals surface area (Å²) in [5.41, 5.74) is 5.29. The number of nitrogens with two attached hydrogens (primary N) is 1. The molecule has 0 spiro atoms. The second kappa shape index (κ2) is 5.57. The van der Waals surface area contributed by atoms with E-state index in [9.17, 15) is 9.59 Å². The van der Waals surface area contributed by atoms with Crippen molar-refractivity contribution in [3.05, 3.63) is 12.2 Å². The van der Waals surface area contributed by atoms with Gasteiger partial charge in [-0.3, -0.25) is 9.59 Å². The number of carboxylic acids is 1. The van der Waals surface area contributed by atoms with Crippen LogP contribution in [-0.4, -0.2) is 38.1 Å². The van der Waals surface area contributed by atoms with E-state index in [1.165, 1.54) is 0 Å². The van der Waals surface area contributed by atoms with Gasteiger partial charge >= 0.3 is 5.97 Å². The van der Waals surface area contributed by atoms with Crippen LogP contribution in [0.3, 0.4) is 0 Å². The monoisotopic (exact) mass is 326 g/mol. The van der Waals surface area contributed by atoms with Gasteiger partial charge in [0.25, 0.3) is 0 Å². The van der Waals surface area contributed by atoms with Crippen molar-refractivity contribution >= 4 is 23.6 Å². The van der Waals surface area contributed by atoms with E-state index in [0.717, 1.165) is 12.8 Å². The number of carbonyl (C=O) groups is 2. The molecule has 0 radical (unpaired) electrons. The molecule has 1 heterocycles. The van der Waals surface area contributed by atoms with Crippen molar-refractivity contribution in [1.29, 1.82) is 0 Å². The number of carboxylic acid groups (broad SMARTS) is 1. The standard InChI is InChI=1S/C16H26N2O3S/c1-14(2)11(15(3,4)22-14)5-6-16(7-8-16)18-13(21)10(17)9-12(19)20/h5-6,10-11H,7-9,17H2,1-4H3,(H,18,21)(H,19,20)/b6-5+/t10-/m0/s1. The third kappa shape index (κ3) is 3.66. The number of nitrogens with one attached hydrogen (secondary N) is 1. The summed E-state index contributed by atoms with van der Waals surface area (Å²) < 4.78 is 0.416. The van der Waals surface area contributed by atoms with Crippen LogP contribution in [0.1, 0.15) is 47.0 Å². The van der Waals surface area contributed by atoms with Crippen LogP contribution in [0.2, 0.25) is 0 Å². The Kier molecular flexibility index (Phi) is 4.39. The second-order valence-electron chi connectivity index (χ2n) is 7.50. The Labute approximate surface area is 136 Å². The molecule has 6 heteroatoms. The number of carbonyl (C=O) groups excluding carboxylic acids is 1. The van der Waals surface area contributed by atoms with Gasteiger partial charge in [-0.05, 0) is 12.8 Å². The lowest BCUT2D eigenvalue weighted by atomic mass is 9.81. The highest BCUT2D eigenvalue weighted by atomic mass is 32.2. The molecule has 22 heavy (non-hydrogen) atoms. The topological polar surface area (TPSA) is 92.4 Å². The van der Waals surface area contributed by atoms with E-state index in [0.29, 0.717) is 5.92 Å². The van der Waals surface area contributed by atoms with Crippen LogP contribution in [0.5, 0.6) is 0 Å². The van der Waals surface area contributed by atoms with Crippen molar-refractivity contribution in [2.75, 3.05) is 0 Å². The van der Waals surface area contributed by atoms with E-state index in [-0.39, 0.29) is 27.4 Å². The highest BCUT2D eigenvalue weighted by Crippen LogP contribution is 2.60. The van der Waals surface area contributed by atoms with Gasteiger partial charge in [-0.25, -0.2) is 0 Å². The number of allylic oxidation sites excluding steroid dienone is 1. The van der Waals surface area contributed by atoms with Crippen molar-refractivity contribution in [3.63, 3.8) is 0 Å². The summed E-state index contributed by atoms with van der Waals surface area (Å²) in [6, 6.07) is -0.990. The Morgan fingerprint density at radius 3 is 2.27 bits per heavy atom. The quantitative estimate of drug-likeness (QED) is 0.649. The Morgan fingerprint density at radius 2 is 1.86 bits per heavy atom. The Balaban J connectivity index is 1.96. The first kappa shape index (κ1) is 17.3. The summed E-state index contributed by atoms with van der Waals surface area (Å²) in [6.07, 6.45) is 5.73. The number of rotatable bonds is 6. The molecule has 1 aliphatic carbocycles. The van der Waals surface area contributed by atoms with Gasteiger partial charge in [0.05, 0.1) is 18.0 Å². The molecule has 0 aromatic carbocycles. The first-order chi connectivity index (χ1) is 9.97. The summed E-state index contributed by atoms with van der Waals surface area (Å²) in [7, 11) is 0. The molecule has 0 aromatic heterocycles. The first-order valence-electron chi connectivity index (χ1n) is 7.66. The lowest BCUT2D eigenvalue weighted by molar-refractivity contribution is -0.139. The molecule has 2 aliphatic rings. The van der Waals surface area contributed by atoms with E-state index in [2.05, 4.69) is 45.2 Å². The summed E-state index contributed by atoms with van der Waals surface area (Å²) in [5.74, 6) is -0.990. The zero-order valence-electron chi connectivity index (χ0n) is 13.7. The maximum absolute atomic E-state index is 12.0. The minimum Gasteiger partial charge on any atom is -0.481 e. The summed E-state index contributed by atoms with van der Waals surface area (Å²) in [6.45, 7) is 8.94. The van der Waals surface area contributed by atoms with Gasteiger partial charge in [0.2, 0.25) is 5.91 Å². The fraction of sp³-hybridized carbons (Fsp3) is 0.750. The van der Waals surface area contributed by atoms with Gasteiger partial charge in [-0.1, -0.05) is 39.8 Å². The highest BCUT2D eigenvalue weighted by molar-refractivity contribution is 8.03. The van der Waals surface area contributed by atoms with Crippen LogP contribution in [0.15, 0.2) is 12.2 Å². The van der Waals surface area contributed by atoms with Crippen molar-refractivity contribution in [2.24, 2.45) is 11.7 Å². The number of amides is 1. The molecule has 1 amide bonds. The molecule has 0 aromatic rings. The van der Waals surface area contributed by atoms with Crippen LogP contribution in [0.25, 0.3) is 0 Å². The third-order valence-electron chi connectivity index (χ3n) is 4.52. The van der Waals surface area contributed by atoms with Gasteiger partial charge in [0.15, 0.2) is 0 Å². The normalized spacial score (nSPS) is 26.2. The zero-order valence-corrected chi connectivity index (χ0v) is 14.5. The predicted octanol–water partition coefficient (Wildman–Crippen LogP) is 1.91. The molecule has 0 unspecified atom stereocenters. The maximum Gasteiger partial charge on any atom is 0.305 e. The summed E-state index contributed by atoms with van der Waals surface area (Å²) in [4.78, 5) is 22.6. The fourth-order valence-electron chi connectivity index (χ4n) is 3.41. The zero-order chi connectivity index (χ0) is 16.8. The minimum atomic E-state index is -1.06. The molecule has 1 saturated heterocycles. The fourth-order valence-corrected chi connectivity index (χ4v) is 5.59. The van der Waals surface area contributed by atoms with Crippen molar-refractivity contribution in [3.8, 4) is 0 Å². The molecule has 124 valence electrons. The molecule has 1 saturated carbocycles. The average molecular weight is 326 g/mol. The Hall–Kier alpha value is -1.01. The van der Waals surface area contributed by atoms with Crippen molar-refractivity contribution < 1.29 is 14.7 Å². The highest BCUT2D eigenvalue weighted by Gasteiger charge is 2.53. The SMILES string of the molecule is CC1(C)SC(C)(C)C1/C=C/C1(NC(=O)[C@@H](N)CC(=O)O)CC1. The third-order valence-corrected chi connectivity index (χ3v) is 6.08. The number of aliphatic carboxylic acids is 1. The van der Waals surface area contributed by atoms with E-state index in [1.54, 1.807) is 0 Å². The van der Waals surface area contributed by atoms with Gasteiger partial charge in [0, 0.05) is 15.4 Å². The average Bonchev–Trinajstić information content (AvgIpc) is 3.05. The second-order valence-corrected chi connectivity index (χ2v) is 9.80. The van der Waals surface area contributed by atoms with Gasteiger partial charge in [0.1, 0.15) is 0 Å². The first-order valence-corrected chi connectivity index (χ1v) is 8.48. The van der Waals surface area contributed by atoms with Crippen LogP contribution in [0, 0.1) is 5.92 Å². The summed E-state index contributed by atoms with van der Waals surface area (Å²) >= 11 is 1.97. The van der Waals surface area contributed by atoms with Gasteiger partial charge in [-0.15, -0.1) is 11.8 Å². The molecular formula is C16H26N2O3S. The molecule has 1 atom stereocenters. The Bertz CT molecular complexity index is 496. The smallest absolute Gasteiger partial charge is 0.305 e. The minimum absolute atomic E-state index is 0.208. The number of thioether (sulfide) groups is 1. The van der Waals surface area contributed by atoms with Crippen LogP contribution in [0.4, 0.5) is 0 Å². The lowest BCUT2D eigenvalue weighted by Crippen LogP contribution is -2.53. The van der Waals surface area contributed by atoms with Crippen molar-refractivity contribution in [1.82, 2.24) is 5.32 Å². The van der Waals surface area contributed by atoms with Crippen LogP contribution < -0.4 is 11.1 Å². The van der Waals surface area contributed by atoms with Gasteiger partial charge in [-0.2, -0.15) is 0 Å². The van der Waals surface area contributed by atoms with Crippen LogP contribution in [-0.2, 0) is 9.59 Å². The summed E-state index contributed by atoms with van der Waals surface area (Å²) in [5, 5.41) is 11.6. The Morgan fingerprint density at radius 1 is 1.32 bits per heavy atom. The van der Waals surface area contributed by atoms with E-state index >= 15 is 0 Å². The maximum atomic E-state index is 12.0. The number of hydrogen-bond donors (Lipinski definition) is 3. The van der Waals surface area contributed by atoms with Crippen molar-refractivity contribution in [2.45, 2.75) is 68.0 Å². The molecule has 5 nitrogen and oxygen atoms in total. The predicted molar refractivity (Wildman–Crippen MR) is 88.7 cm³/mol. The molecule has 2 rings (SSSR count). The number of hydrogen-bond acceptors (Lipinski definition) is 4. The molecular weight excluding hydrogens is 300 g/mol. The molecule has 0 bridgehead atoms. The van der Waals surface area contributed by atoms with E-state index in [1.807, 2.05) is 11.8 Å². The largest absolute Gasteiger partial charge is 0.481 e. The molecule has 4 N–H and O–H groups in total. The van der Waals surface area contributed by atoms with Gasteiger partial charge < -0.3 is 16.2 Å².